The maximum atomic E-state index is 9.95. The molecule has 2 aromatic carbocycles. The van der Waals surface area contributed by atoms with Crippen LogP contribution in [0.5, 0.6) is 5.75 Å². The first-order valence-corrected chi connectivity index (χ1v) is 8.16. The number of phenols is 1. The van der Waals surface area contributed by atoms with Crippen molar-refractivity contribution >= 4 is 22.5 Å². The van der Waals surface area contributed by atoms with Crippen LogP contribution in [-0.4, -0.2) is 14.7 Å². The van der Waals surface area contributed by atoms with Crippen molar-refractivity contribution in [2.24, 2.45) is 0 Å². The van der Waals surface area contributed by atoms with Gasteiger partial charge in [0.05, 0.1) is 6.33 Å². The van der Waals surface area contributed by atoms with Gasteiger partial charge in [0.15, 0.2) is 0 Å². The number of rotatable bonds is 4. The molecule has 0 atom stereocenters. The summed E-state index contributed by atoms with van der Waals surface area (Å²) in [6, 6.07) is 12.4. The van der Waals surface area contributed by atoms with E-state index in [0.29, 0.717) is 11.8 Å². The Bertz CT molecular complexity index is 792. The van der Waals surface area contributed by atoms with Crippen LogP contribution in [0.1, 0.15) is 24.6 Å². The van der Waals surface area contributed by atoms with Gasteiger partial charge >= 0.3 is 0 Å². The average Bonchev–Trinajstić information content (AvgIpc) is 3.26. The van der Waals surface area contributed by atoms with Gasteiger partial charge < -0.3 is 9.67 Å². The highest BCUT2D eigenvalue weighted by atomic mass is 32.2. The molecular formula is C17H16N2OS. The predicted molar refractivity (Wildman–Crippen MR) is 85.7 cm³/mol. The molecule has 21 heavy (non-hydrogen) atoms. The maximum Gasteiger partial charge on any atom is 0.123 e. The number of hydrogen-bond acceptors (Lipinski definition) is 3. The van der Waals surface area contributed by atoms with E-state index < -0.39 is 0 Å². The minimum atomic E-state index is 0.345. The molecule has 4 heteroatoms. The summed E-state index contributed by atoms with van der Waals surface area (Å²) in [4.78, 5) is 5.48. The average molecular weight is 296 g/mol. The van der Waals surface area contributed by atoms with E-state index in [1.807, 2.05) is 36.8 Å². The van der Waals surface area contributed by atoms with Gasteiger partial charge in [-0.05, 0) is 30.4 Å². The Morgan fingerprint density at radius 1 is 1.14 bits per heavy atom. The molecule has 1 aromatic heterocycles. The number of fused-ring (bicyclic) bond motifs is 1. The molecule has 0 aliphatic heterocycles. The monoisotopic (exact) mass is 296 g/mol. The topological polar surface area (TPSA) is 38.1 Å². The Balaban J connectivity index is 1.62. The first-order valence-electron chi connectivity index (χ1n) is 7.17. The molecule has 0 bridgehead atoms. The first-order chi connectivity index (χ1) is 10.3. The molecule has 1 saturated carbocycles. The quantitative estimate of drug-likeness (QED) is 0.727. The largest absolute Gasteiger partial charge is 0.507 e. The SMILES string of the molecule is Oc1ccc(SCc2cncn2C2CC2)c2ccccc12. The number of aromatic nitrogens is 2. The lowest BCUT2D eigenvalue weighted by Crippen LogP contribution is -1.97. The van der Waals surface area contributed by atoms with E-state index in [4.69, 9.17) is 0 Å². The normalized spacial score (nSPS) is 14.7. The molecule has 3 aromatic rings. The van der Waals surface area contributed by atoms with E-state index >= 15 is 0 Å². The zero-order valence-corrected chi connectivity index (χ0v) is 12.4. The molecule has 0 unspecified atom stereocenters. The summed E-state index contributed by atoms with van der Waals surface area (Å²) in [5.41, 5.74) is 1.28. The van der Waals surface area contributed by atoms with Crippen LogP contribution in [0.4, 0.5) is 0 Å². The number of nitrogens with zero attached hydrogens (tertiary/aromatic N) is 2. The summed E-state index contributed by atoms with van der Waals surface area (Å²) in [6.45, 7) is 0. The lowest BCUT2D eigenvalue weighted by Gasteiger charge is -2.09. The van der Waals surface area contributed by atoms with Crippen LogP contribution in [0.3, 0.4) is 0 Å². The van der Waals surface area contributed by atoms with Gasteiger partial charge in [-0.2, -0.15) is 0 Å². The van der Waals surface area contributed by atoms with Crippen molar-refractivity contribution in [2.75, 3.05) is 0 Å². The lowest BCUT2D eigenvalue weighted by atomic mass is 10.1. The Morgan fingerprint density at radius 3 is 2.76 bits per heavy atom. The summed E-state index contributed by atoms with van der Waals surface area (Å²) < 4.78 is 2.30. The van der Waals surface area contributed by atoms with Crippen molar-refractivity contribution in [3.05, 3.63) is 54.6 Å². The van der Waals surface area contributed by atoms with Crippen LogP contribution in [-0.2, 0) is 5.75 Å². The molecule has 4 rings (SSSR count). The molecule has 0 radical (unpaired) electrons. The van der Waals surface area contributed by atoms with Gasteiger partial charge in [-0.1, -0.05) is 24.3 Å². The van der Waals surface area contributed by atoms with Gasteiger partial charge in [0, 0.05) is 34.0 Å². The Morgan fingerprint density at radius 2 is 1.95 bits per heavy atom. The van der Waals surface area contributed by atoms with Crippen LogP contribution in [0.2, 0.25) is 0 Å². The predicted octanol–water partition coefficient (Wildman–Crippen LogP) is 4.37. The van der Waals surface area contributed by atoms with E-state index in [-0.39, 0.29) is 0 Å². The van der Waals surface area contributed by atoms with Gasteiger partial charge in [0.25, 0.3) is 0 Å². The Labute approximate surface area is 127 Å². The highest BCUT2D eigenvalue weighted by Gasteiger charge is 2.25. The van der Waals surface area contributed by atoms with Crippen molar-refractivity contribution < 1.29 is 5.11 Å². The van der Waals surface area contributed by atoms with Gasteiger partial charge in [0.1, 0.15) is 5.75 Å². The Hall–Kier alpha value is -1.94. The number of hydrogen-bond donors (Lipinski definition) is 1. The first kappa shape index (κ1) is 12.8. The van der Waals surface area contributed by atoms with Crippen molar-refractivity contribution in [1.29, 1.82) is 0 Å². The van der Waals surface area contributed by atoms with Crippen LogP contribution in [0.25, 0.3) is 10.8 Å². The summed E-state index contributed by atoms with van der Waals surface area (Å²) in [5, 5.41) is 12.0. The molecule has 1 N–H and O–H groups in total. The second kappa shape index (κ2) is 5.11. The second-order valence-electron chi connectivity index (χ2n) is 5.44. The molecule has 1 aliphatic carbocycles. The van der Waals surface area contributed by atoms with Gasteiger partial charge in [-0.3, -0.25) is 0 Å². The summed E-state index contributed by atoms with van der Waals surface area (Å²) in [7, 11) is 0. The van der Waals surface area contributed by atoms with E-state index in [0.717, 1.165) is 16.5 Å². The lowest BCUT2D eigenvalue weighted by molar-refractivity contribution is 0.481. The number of benzene rings is 2. The van der Waals surface area contributed by atoms with Crippen LogP contribution in [0, 0.1) is 0 Å². The van der Waals surface area contributed by atoms with Crippen LogP contribution in [0.15, 0.2) is 53.8 Å². The maximum absolute atomic E-state index is 9.95. The minimum Gasteiger partial charge on any atom is -0.507 e. The number of phenolic OH excluding ortho intramolecular Hbond substituents is 1. The molecule has 0 saturated heterocycles. The van der Waals surface area contributed by atoms with Crippen molar-refractivity contribution in [1.82, 2.24) is 9.55 Å². The van der Waals surface area contributed by atoms with E-state index in [1.165, 1.54) is 23.4 Å². The van der Waals surface area contributed by atoms with Gasteiger partial charge in [0.2, 0.25) is 0 Å². The van der Waals surface area contributed by atoms with Crippen molar-refractivity contribution in [2.45, 2.75) is 29.5 Å². The van der Waals surface area contributed by atoms with E-state index in [2.05, 4.69) is 15.6 Å². The Kier molecular flexibility index (Phi) is 3.11. The fraction of sp³-hybridized carbons (Fsp3) is 0.235. The molecule has 0 amide bonds. The van der Waals surface area contributed by atoms with E-state index in [1.54, 1.807) is 17.8 Å². The third kappa shape index (κ3) is 2.40. The molecule has 0 spiro atoms. The third-order valence-corrected chi connectivity index (χ3v) is 5.03. The summed E-state index contributed by atoms with van der Waals surface area (Å²) >= 11 is 1.80. The minimum absolute atomic E-state index is 0.345. The highest BCUT2D eigenvalue weighted by molar-refractivity contribution is 7.98. The molecule has 1 aliphatic rings. The fourth-order valence-corrected chi connectivity index (χ4v) is 3.68. The van der Waals surface area contributed by atoms with Crippen molar-refractivity contribution in [3.63, 3.8) is 0 Å². The van der Waals surface area contributed by atoms with Gasteiger partial charge in [-0.15, -0.1) is 11.8 Å². The molecular weight excluding hydrogens is 280 g/mol. The number of imidazole rings is 1. The smallest absolute Gasteiger partial charge is 0.123 e. The summed E-state index contributed by atoms with van der Waals surface area (Å²) in [6.07, 6.45) is 6.46. The zero-order chi connectivity index (χ0) is 14.2. The van der Waals surface area contributed by atoms with Crippen molar-refractivity contribution in [3.8, 4) is 5.75 Å². The standard InChI is InChI=1S/C17H16N2OS/c20-16-7-8-17(15-4-2-1-3-14(15)16)21-10-13-9-18-11-19(13)12-5-6-12/h1-4,7-9,11-12,20H,5-6,10H2. The second-order valence-corrected chi connectivity index (χ2v) is 6.46. The van der Waals surface area contributed by atoms with Gasteiger partial charge in [-0.25, -0.2) is 4.98 Å². The zero-order valence-electron chi connectivity index (χ0n) is 11.6. The van der Waals surface area contributed by atoms with E-state index in [9.17, 15) is 5.11 Å². The third-order valence-electron chi connectivity index (χ3n) is 3.92. The number of thioether (sulfide) groups is 1. The molecule has 1 fully saturated rings. The number of aromatic hydroxyl groups is 1. The fourth-order valence-electron chi connectivity index (χ4n) is 2.66. The van der Waals surface area contributed by atoms with Crippen LogP contribution >= 0.6 is 11.8 Å². The highest BCUT2D eigenvalue weighted by Crippen LogP contribution is 2.38. The van der Waals surface area contributed by atoms with Crippen LogP contribution < -0.4 is 0 Å². The molecule has 106 valence electrons. The summed E-state index contributed by atoms with van der Waals surface area (Å²) in [5.74, 6) is 1.25. The molecule has 3 nitrogen and oxygen atoms in total. The molecule has 1 heterocycles.